The third-order valence-electron chi connectivity index (χ3n) is 4.10. The van der Waals surface area contributed by atoms with Gasteiger partial charge in [0.2, 0.25) is 0 Å². The Hall–Kier alpha value is -1.18. The van der Waals surface area contributed by atoms with Gasteiger partial charge in [-0.05, 0) is 49.5 Å². The summed E-state index contributed by atoms with van der Waals surface area (Å²) in [6, 6.07) is 5.57. The number of hydrogen-bond acceptors (Lipinski definition) is 3. The Balaban J connectivity index is 1.85. The molecule has 124 valence electrons. The zero-order valence-corrected chi connectivity index (χ0v) is 11.9. The van der Waals surface area contributed by atoms with E-state index in [1.54, 1.807) is 4.90 Å². The number of likely N-dealkylation sites (tertiary alicyclic amines) is 1. The van der Waals surface area contributed by atoms with Crippen LogP contribution in [-0.4, -0.2) is 47.0 Å². The van der Waals surface area contributed by atoms with Crippen LogP contribution in [0.3, 0.4) is 0 Å². The number of alkyl halides is 3. The van der Waals surface area contributed by atoms with E-state index in [2.05, 4.69) is 0 Å². The zero-order valence-electron chi connectivity index (χ0n) is 11.9. The fraction of sp³-hybridized carbons (Fsp3) is 0.600. The average Bonchev–Trinajstić information content (AvgIpc) is 2.47. The maximum atomic E-state index is 12.9. The number of aliphatic hydroxyl groups is 2. The number of aliphatic hydroxyl groups excluding tert-OH is 2. The molecule has 1 aliphatic rings. The van der Waals surface area contributed by atoms with Gasteiger partial charge in [-0.15, -0.1) is 0 Å². The van der Waals surface area contributed by atoms with Gasteiger partial charge >= 0.3 is 6.18 Å². The number of benzene rings is 1. The molecule has 0 amide bonds. The van der Waals surface area contributed by atoms with Crippen LogP contribution in [0, 0.1) is 11.7 Å². The summed E-state index contributed by atoms with van der Waals surface area (Å²) >= 11 is 0. The Bertz CT molecular complexity index is 469. The summed E-state index contributed by atoms with van der Waals surface area (Å²) in [5, 5.41) is 19.3. The molecule has 1 aromatic carbocycles. The lowest BCUT2D eigenvalue weighted by Crippen LogP contribution is -2.44. The van der Waals surface area contributed by atoms with Crippen molar-refractivity contribution in [3.8, 4) is 0 Å². The Morgan fingerprint density at radius 3 is 2.14 bits per heavy atom. The van der Waals surface area contributed by atoms with Crippen LogP contribution in [0.15, 0.2) is 24.3 Å². The molecule has 1 aliphatic heterocycles. The highest BCUT2D eigenvalue weighted by Crippen LogP contribution is 2.31. The minimum Gasteiger partial charge on any atom is -0.388 e. The van der Waals surface area contributed by atoms with Gasteiger partial charge in [0, 0.05) is 6.54 Å². The van der Waals surface area contributed by atoms with Crippen molar-refractivity contribution in [2.75, 3.05) is 19.6 Å². The first-order valence-corrected chi connectivity index (χ1v) is 7.18. The van der Waals surface area contributed by atoms with E-state index in [1.807, 2.05) is 0 Å². The first-order valence-electron chi connectivity index (χ1n) is 7.18. The van der Waals surface area contributed by atoms with E-state index in [4.69, 9.17) is 5.11 Å². The number of halogens is 4. The predicted octanol–water partition coefficient (Wildman–Crippen LogP) is 2.49. The maximum absolute atomic E-state index is 12.9. The summed E-state index contributed by atoms with van der Waals surface area (Å²) in [6.45, 7) is 0.328. The van der Waals surface area contributed by atoms with E-state index in [-0.39, 0.29) is 11.7 Å². The number of rotatable bonds is 4. The smallest absolute Gasteiger partial charge is 0.388 e. The van der Waals surface area contributed by atoms with Crippen molar-refractivity contribution in [2.45, 2.75) is 31.2 Å². The van der Waals surface area contributed by atoms with Crippen LogP contribution in [-0.2, 0) is 0 Å². The first-order chi connectivity index (χ1) is 10.3. The monoisotopic (exact) mass is 321 g/mol. The van der Waals surface area contributed by atoms with Crippen molar-refractivity contribution >= 4 is 0 Å². The quantitative estimate of drug-likeness (QED) is 0.838. The number of piperidine rings is 1. The van der Waals surface area contributed by atoms with Crippen LogP contribution in [0.4, 0.5) is 17.6 Å². The van der Waals surface area contributed by atoms with E-state index >= 15 is 0 Å². The molecule has 7 heteroatoms. The minimum atomic E-state index is -4.61. The lowest BCUT2D eigenvalue weighted by Gasteiger charge is -2.35. The second kappa shape index (κ2) is 6.93. The SMILES string of the molecule is O[C@@H](c1ccc(F)cc1)C1CCN(C[C@H](O)C(F)(F)F)CC1. The zero-order chi connectivity index (χ0) is 16.3. The molecule has 0 radical (unpaired) electrons. The Morgan fingerprint density at radius 2 is 1.64 bits per heavy atom. The number of hydrogen-bond donors (Lipinski definition) is 2. The molecule has 2 N–H and O–H groups in total. The molecule has 0 unspecified atom stereocenters. The van der Waals surface area contributed by atoms with Crippen molar-refractivity contribution in [3.63, 3.8) is 0 Å². The van der Waals surface area contributed by atoms with E-state index in [0.29, 0.717) is 31.5 Å². The van der Waals surface area contributed by atoms with Gasteiger partial charge < -0.3 is 15.1 Å². The van der Waals surface area contributed by atoms with Gasteiger partial charge in [-0.25, -0.2) is 4.39 Å². The second-order valence-corrected chi connectivity index (χ2v) is 5.69. The van der Waals surface area contributed by atoms with Crippen LogP contribution in [0.1, 0.15) is 24.5 Å². The number of nitrogens with zero attached hydrogens (tertiary/aromatic N) is 1. The highest BCUT2D eigenvalue weighted by molar-refractivity contribution is 5.19. The molecule has 0 spiro atoms. The molecule has 0 aliphatic carbocycles. The largest absolute Gasteiger partial charge is 0.415 e. The van der Waals surface area contributed by atoms with Gasteiger partial charge in [0.05, 0.1) is 6.10 Å². The molecule has 1 aromatic rings. The molecule has 1 heterocycles. The van der Waals surface area contributed by atoms with E-state index in [1.165, 1.54) is 24.3 Å². The van der Waals surface area contributed by atoms with Gasteiger partial charge in [0.15, 0.2) is 6.10 Å². The highest BCUT2D eigenvalue weighted by Gasteiger charge is 2.39. The lowest BCUT2D eigenvalue weighted by molar-refractivity contribution is -0.209. The molecule has 3 nitrogen and oxygen atoms in total. The van der Waals surface area contributed by atoms with Gasteiger partial charge in [-0.3, -0.25) is 0 Å². The fourth-order valence-electron chi connectivity index (χ4n) is 2.73. The van der Waals surface area contributed by atoms with E-state index < -0.39 is 24.9 Å². The van der Waals surface area contributed by atoms with Crippen LogP contribution in [0.5, 0.6) is 0 Å². The molecular formula is C15H19F4NO2. The van der Waals surface area contributed by atoms with Gasteiger partial charge in [-0.2, -0.15) is 13.2 Å². The van der Waals surface area contributed by atoms with Crippen molar-refractivity contribution in [1.29, 1.82) is 0 Å². The topological polar surface area (TPSA) is 43.7 Å². The predicted molar refractivity (Wildman–Crippen MR) is 72.6 cm³/mol. The van der Waals surface area contributed by atoms with Crippen LogP contribution < -0.4 is 0 Å². The minimum absolute atomic E-state index is 0.0789. The summed E-state index contributed by atoms with van der Waals surface area (Å²) in [7, 11) is 0. The molecule has 1 saturated heterocycles. The molecule has 0 saturated carbocycles. The van der Waals surface area contributed by atoms with Crippen molar-refractivity contribution in [3.05, 3.63) is 35.6 Å². The lowest BCUT2D eigenvalue weighted by atomic mass is 9.87. The second-order valence-electron chi connectivity index (χ2n) is 5.69. The Labute approximate surface area is 126 Å². The Kier molecular flexibility index (Phi) is 5.41. The van der Waals surface area contributed by atoms with Crippen molar-refractivity contribution in [1.82, 2.24) is 4.90 Å². The van der Waals surface area contributed by atoms with Gasteiger partial charge in [-0.1, -0.05) is 12.1 Å². The molecule has 0 bridgehead atoms. The summed E-state index contributed by atoms with van der Waals surface area (Å²) < 4.78 is 49.8. The van der Waals surface area contributed by atoms with Gasteiger partial charge in [0.25, 0.3) is 0 Å². The first kappa shape index (κ1) is 17.2. The summed E-state index contributed by atoms with van der Waals surface area (Å²) in [5.74, 6) is -0.461. The summed E-state index contributed by atoms with van der Waals surface area (Å²) in [6.07, 6.45) is -6.64. The fourth-order valence-corrected chi connectivity index (χ4v) is 2.73. The molecule has 22 heavy (non-hydrogen) atoms. The maximum Gasteiger partial charge on any atom is 0.415 e. The van der Waals surface area contributed by atoms with Gasteiger partial charge in [0.1, 0.15) is 5.82 Å². The molecule has 0 aromatic heterocycles. The van der Waals surface area contributed by atoms with E-state index in [9.17, 15) is 22.7 Å². The third-order valence-corrected chi connectivity index (χ3v) is 4.10. The molecule has 2 atom stereocenters. The average molecular weight is 321 g/mol. The van der Waals surface area contributed by atoms with Crippen LogP contribution >= 0.6 is 0 Å². The molecule has 1 fully saturated rings. The summed E-state index contributed by atoms with van der Waals surface area (Å²) in [4.78, 5) is 1.55. The normalized spacial score (nSPS) is 20.8. The van der Waals surface area contributed by atoms with Crippen LogP contribution in [0.2, 0.25) is 0 Å². The number of β-amino-alcohol motifs (C(OH)–C–C–N with tert-alkyl or cyclic N) is 1. The molecular weight excluding hydrogens is 302 g/mol. The van der Waals surface area contributed by atoms with Crippen molar-refractivity contribution < 1.29 is 27.8 Å². The van der Waals surface area contributed by atoms with Crippen LogP contribution in [0.25, 0.3) is 0 Å². The standard InChI is InChI=1S/C15H19F4NO2/c16-12-3-1-10(2-4-12)14(22)11-5-7-20(8-6-11)9-13(21)15(17,18)19/h1-4,11,13-14,21-22H,5-9H2/t13-,14-/m0/s1. The third kappa shape index (κ3) is 4.41. The Morgan fingerprint density at radius 1 is 1.09 bits per heavy atom. The molecule has 2 rings (SSSR count). The highest BCUT2D eigenvalue weighted by atomic mass is 19.4. The van der Waals surface area contributed by atoms with E-state index in [0.717, 1.165) is 0 Å². The van der Waals surface area contributed by atoms with Crippen molar-refractivity contribution in [2.24, 2.45) is 5.92 Å². The summed E-state index contributed by atoms with van der Waals surface area (Å²) in [5.41, 5.74) is 0.607.